The van der Waals surface area contributed by atoms with Gasteiger partial charge in [-0.15, -0.1) is 6.42 Å². The zero-order chi connectivity index (χ0) is 15.8. The molecule has 1 atom stereocenters. The van der Waals surface area contributed by atoms with Crippen LogP contribution in [-0.4, -0.2) is 25.2 Å². The molecule has 0 bridgehead atoms. The van der Waals surface area contributed by atoms with E-state index in [1.807, 2.05) is 13.0 Å². The molecule has 0 aliphatic carbocycles. The van der Waals surface area contributed by atoms with Gasteiger partial charge in [0.15, 0.2) is 17.6 Å². The van der Waals surface area contributed by atoms with E-state index >= 15 is 0 Å². The second-order valence-corrected chi connectivity index (χ2v) is 4.43. The first-order chi connectivity index (χ1) is 9.96. The van der Waals surface area contributed by atoms with Crippen LogP contribution in [0.4, 0.5) is 0 Å². The second kappa shape index (κ2) is 7.95. The molecular weight excluding hydrogens is 272 g/mol. The minimum atomic E-state index is -0.606. The number of hydrogen-bond donors (Lipinski definition) is 0. The number of aryl methyl sites for hydroxylation is 1. The summed E-state index contributed by atoms with van der Waals surface area (Å²) < 4.78 is 15.1. The predicted octanol–water partition coefficient (Wildman–Crippen LogP) is 2.25. The number of terminal acetylenes is 1. The van der Waals surface area contributed by atoms with E-state index in [0.717, 1.165) is 5.56 Å². The van der Waals surface area contributed by atoms with E-state index in [-0.39, 0.29) is 12.8 Å². The summed E-state index contributed by atoms with van der Waals surface area (Å²) in [6, 6.07) is 5.24. The van der Waals surface area contributed by atoms with Crippen LogP contribution in [0.1, 0.15) is 25.3 Å². The number of carbonyl (C=O) groups is 2. The molecule has 0 radical (unpaired) electrons. The normalized spacial score (nSPS) is 11.1. The lowest BCUT2D eigenvalue weighted by Gasteiger charge is -2.10. The summed E-state index contributed by atoms with van der Waals surface area (Å²) in [5.74, 6) is 1.98. The Labute approximate surface area is 124 Å². The van der Waals surface area contributed by atoms with Gasteiger partial charge in [-0.3, -0.25) is 9.59 Å². The van der Waals surface area contributed by atoms with E-state index in [0.29, 0.717) is 11.5 Å². The SMILES string of the molecule is C#CC(C)OC(=O)CCC(=O)Oc1cc(C)ccc1OC. The van der Waals surface area contributed by atoms with Crippen molar-refractivity contribution < 1.29 is 23.8 Å². The molecule has 0 N–H and O–H groups in total. The van der Waals surface area contributed by atoms with Crippen molar-refractivity contribution in [3.63, 3.8) is 0 Å². The van der Waals surface area contributed by atoms with E-state index in [9.17, 15) is 9.59 Å². The molecule has 0 aliphatic heterocycles. The molecule has 0 aliphatic rings. The Bertz CT molecular complexity index is 556. The lowest BCUT2D eigenvalue weighted by molar-refractivity contribution is -0.148. The monoisotopic (exact) mass is 290 g/mol. The lowest BCUT2D eigenvalue weighted by Crippen LogP contribution is -2.16. The molecule has 0 heterocycles. The molecule has 1 aromatic rings. The van der Waals surface area contributed by atoms with Crippen molar-refractivity contribution in [2.24, 2.45) is 0 Å². The topological polar surface area (TPSA) is 61.8 Å². The zero-order valence-corrected chi connectivity index (χ0v) is 12.3. The van der Waals surface area contributed by atoms with Crippen molar-refractivity contribution in [2.45, 2.75) is 32.8 Å². The van der Waals surface area contributed by atoms with Gasteiger partial charge < -0.3 is 14.2 Å². The number of ether oxygens (including phenoxy) is 3. The molecule has 0 amide bonds. The number of hydrogen-bond acceptors (Lipinski definition) is 5. The van der Waals surface area contributed by atoms with Gasteiger partial charge in [-0.25, -0.2) is 0 Å². The molecule has 5 heteroatoms. The minimum absolute atomic E-state index is 0.0843. The van der Waals surface area contributed by atoms with Crippen LogP contribution >= 0.6 is 0 Å². The van der Waals surface area contributed by atoms with Gasteiger partial charge in [-0.2, -0.15) is 0 Å². The van der Waals surface area contributed by atoms with Gasteiger partial charge >= 0.3 is 11.9 Å². The maximum Gasteiger partial charge on any atom is 0.311 e. The van der Waals surface area contributed by atoms with Crippen LogP contribution in [0.25, 0.3) is 0 Å². The Kier molecular flexibility index (Phi) is 6.28. The zero-order valence-electron chi connectivity index (χ0n) is 12.3. The number of carbonyl (C=O) groups excluding carboxylic acids is 2. The first-order valence-electron chi connectivity index (χ1n) is 6.47. The summed E-state index contributed by atoms with van der Waals surface area (Å²) in [6.45, 7) is 3.45. The molecule has 0 fully saturated rings. The van der Waals surface area contributed by atoms with Crippen LogP contribution in [0.15, 0.2) is 18.2 Å². The summed E-state index contributed by atoms with van der Waals surface area (Å²) in [5, 5.41) is 0. The summed E-state index contributed by atoms with van der Waals surface area (Å²) >= 11 is 0. The van der Waals surface area contributed by atoms with E-state index in [2.05, 4.69) is 5.92 Å². The van der Waals surface area contributed by atoms with Crippen LogP contribution in [-0.2, 0) is 14.3 Å². The molecule has 0 saturated carbocycles. The van der Waals surface area contributed by atoms with Crippen LogP contribution in [0, 0.1) is 19.3 Å². The van der Waals surface area contributed by atoms with Crippen LogP contribution in [0.2, 0.25) is 0 Å². The molecule has 0 saturated heterocycles. The lowest BCUT2D eigenvalue weighted by atomic mass is 10.2. The van der Waals surface area contributed by atoms with E-state index in [4.69, 9.17) is 20.6 Å². The largest absolute Gasteiger partial charge is 0.493 e. The fraction of sp³-hybridized carbons (Fsp3) is 0.375. The molecule has 0 aromatic heterocycles. The predicted molar refractivity (Wildman–Crippen MR) is 77.0 cm³/mol. The van der Waals surface area contributed by atoms with Gasteiger partial charge in [0.25, 0.3) is 0 Å². The highest BCUT2D eigenvalue weighted by Crippen LogP contribution is 2.28. The van der Waals surface area contributed by atoms with Crippen molar-refractivity contribution in [1.82, 2.24) is 0 Å². The molecule has 21 heavy (non-hydrogen) atoms. The fourth-order valence-electron chi connectivity index (χ4n) is 1.53. The van der Waals surface area contributed by atoms with Gasteiger partial charge in [0, 0.05) is 0 Å². The number of methoxy groups -OCH3 is 1. The number of rotatable bonds is 6. The van der Waals surface area contributed by atoms with Crippen LogP contribution in [0.3, 0.4) is 0 Å². The quantitative estimate of drug-likeness (QED) is 0.457. The minimum Gasteiger partial charge on any atom is -0.493 e. The third-order valence-corrected chi connectivity index (χ3v) is 2.62. The first kappa shape index (κ1) is 16.6. The fourth-order valence-corrected chi connectivity index (χ4v) is 1.53. The van der Waals surface area contributed by atoms with Gasteiger partial charge in [-0.1, -0.05) is 12.0 Å². The molecule has 112 valence electrons. The molecule has 1 rings (SSSR count). The number of esters is 2. The average Bonchev–Trinajstić information content (AvgIpc) is 2.45. The first-order valence-corrected chi connectivity index (χ1v) is 6.47. The van der Waals surface area contributed by atoms with Crippen LogP contribution in [0.5, 0.6) is 11.5 Å². The Morgan fingerprint density at radius 1 is 1.24 bits per heavy atom. The summed E-state index contributed by atoms with van der Waals surface area (Å²) in [4.78, 5) is 23.1. The molecule has 1 unspecified atom stereocenters. The Balaban J connectivity index is 2.53. The van der Waals surface area contributed by atoms with E-state index < -0.39 is 18.0 Å². The Morgan fingerprint density at radius 3 is 2.52 bits per heavy atom. The third kappa shape index (κ3) is 5.57. The van der Waals surface area contributed by atoms with Gasteiger partial charge in [-0.05, 0) is 31.5 Å². The van der Waals surface area contributed by atoms with Gasteiger partial charge in [0.2, 0.25) is 0 Å². The molecule has 0 spiro atoms. The highest BCUT2D eigenvalue weighted by Gasteiger charge is 2.14. The highest BCUT2D eigenvalue weighted by molar-refractivity contribution is 5.79. The highest BCUT2D eigenvalue weighted by atomic mass is 16.6. The smallest absolute Gasteiger partial charge is 0.311 e. The Morgan fingerprint density at radius 2 is 1.90 bits per heavy atom. The standard InChI is InChI=1S/C16H18O5/c1-5-12(3)20-15(17)8-9-16(18)21-14-10-11(2)6-7-13(14)19-4/h1,6-7,10,12H,8-9H2,2-4H3. The average molecular weight is 290 g/mol. The summed E-state index contributed by atoms with van der Waals surface area (Å²) in [5.41, 5.74) is 0.931. The van der Waals surface area contributed by atoms with Crippen molar-refractivity contribution in [1.29, 1.82) is 0 Å². The number of benzene rings is 1. The molecule has 1 aromatic carbocycles. The maximum absolute atomic E-state index is 11.7. The Hall–Kier alpha value is -2.48. The summed E-state index contributed by atoms with van der Waals surface area (Å²) in [6.07, 6.45) is 4.31. The summed E-state index contributed by atoms with van der Waals surface area (Å²) in [7, 11) is 1.49. The maximum atomic E-state index is 11.7. The third-order valence-electron chi connectivity index (χ3n) is 2.62. The van der Waals surface area contributed by atoms with Crippen molar-refractivity contribution in [3.05, 3.63) is 23.8 Å². The van der Waals surface area contributed by atoms with Crippen molar-refractivity contribution in [2.75, 3.05) is 7.11 Å². The van der Waals surface area contributed by atoms with Crippen LogP contribution < -0.4 is 9.47 Å². The van der Waals surface area contributed by atoms with E-state index in [1.165, 1.54) is 7.11 Å². The second-order valence-electron chi connectivity index (χ2n) is 4.43. The molecular formula is C16H18O5. The van der Waals surface area contributed by atoms with Crippen molar-refractivity contribution >= 4 is 11.9 Å². The van der Waals surface area contributed by atoms with Crippen molar-refractivity contribution in [3.8, 4) is 23.8 Å². The van der Waals surface area contributed by atoms with Gasteiger partial charge in [0.05, 0.1) is 20.0 Å². The molecule has 5 nitrogen and oxygen atoms in total. The van der Waals surface area contributed by atoms with E-state index in [1.54, 1.807) is 19.1 Å². The van der Waals surface area contributed by atoms with Gasteiger partial charge in [0.1, 0.15) is 0 Å².